The van der Waals surface area contributed by atoms with E-state index in [0.717, 1.165) is 0 Å². The van der Waals surface area contributed by atoms with Crippen LogP contribution in [0.25, 0.3) is 0 Å². The molecule has 1 radical (unpaired) electrons. The van der Waals surface area contributed by atoms with Gasteiger partial charge in [-0.15, -0.1) is 0 Å². The Labute approximate surface area is 81.7 Å². The molecule has 1 aromatic rings. The second-order valence-electron chi connectivity index (χ2n) is 2.66. The summed E-state index contributed by atoms with van der Waals surface area (Å²) in [6.07, 6.45) is 0. The van der Waals surface area contributed by atoms with Gasteiger partial charge >= 0.3 is 6.47 Å². The average molecular weight is 192 g/mol. The third-order valence-corrected chi connectivity index (χ3v) is 1.79. The predicted octanol–water partition coefficient (Wildman–Crippen LogP) is 0.412. The van der Waals surface area contributed by atoms with Crippen LogP contribution in [0.3, 0.4) is 0 Å². The van der Waals surface area contributed by atoms with E-state index in [9.17, 15) is 9.59 Å². The molecule has 0 saturated heterocycles. The van der Waals surface area contributed by atoms with Crippen molar-refractivity contribution in [2.45, 2.75) is 6.61 Å². The summed E-state index contributed by atoms with van der Waals surface area (Å²) in [4.78, 5) is 21.2. The summed E-state index contributed by atoms with van der Waals surface area (Å²) in [7, 11) is 0. The number of nitrogens with two attached hydrogens (primary N) is 1. The van der Waals surface area contributed by atoms with E-state index in [1.165, 1.54) is 6.47 Å². The van der Waals surface area contributed by atoms with Gasteiger partial charge in [0.25, 0.3) is 0 Å². The molecule has 0 fully saturated rings. The zero-order valence-corrected chi connectivity index (χ0v) is 7.53. The third-order valence-electron chi connectivity index (χ3n) is 1.79. The molecule has 4 heteroatoms. The predicted molar refractivity (Wildman–Crippen MR) is 50.3 cm³/mol. The number of Topliss-reactive ketones (excluding diaryl/α,β-unsaturated/α-hetero) is 1. The van der Waals surface area contributed by atoms with Crippen LogP contribution < -0.4 is 5.73 Å². The van der Waals surface area contributed by atoms with Gasteiger partial charge in [-0.25, -0.2) is 4.79 Å². The van der Waals surface area contributed by atoms with Gasteiger partial charge in [0.2, 0.25) is 0 Å². The molecular weight excluding hydrogens is 182 g/mol. The van der Waals surface area contributed by atoms with Crippen molar-refractivity contribution in [1.82, 2.24) is 0 Å². The van der Waals surface area contributed by atoms with Crippen LogP contribution in [0, 0.1) is 0 Å². The lowest BCUT2D eigenvalue weighted by molar-refractivity contribution is 0.0998. The van der Waals surface area contributed by atoms with E-state index in [0.29, 0.717) is 11.1 Å². The Hall–Kier alpha value is -1.68. The fraction of sp³-hybridized carbons (Fsp3) is 0.200. The maximum Gasteiger partial charge on any atom is 0.417 e. The van der Waals surface area contributed by atoms with Crippen molar-refractivity contribution in [3.63, 3.8) is 0 Å². The molecule has 2 N–H and O–H groups in total. The molecule has 4 nitrogen and oxygen atoms in total. The van der Waals surface area contributed by atoms with Crippen LogP contribution in [0.15, 0.2) is 24.3 Å². The third kappa shape index (κ3) is 2.40. The maximum absolute atomic E-state index is 11.3. The highest BCUT2D eigenvalue weighted by Crippen LogP contribution is 2.09. The van der Waals surface area contributed by atoms with Crippen molar-refractivity contribution in [3.05, 3.63) is 35.4 Å². The molecule has 0 aromatic heterocycles. The zero-order valence-electron chi connectivity index (χ0n) is 7.53. The molecule has 14 heavy (non-hydrogen) atoms. The molecule has 0 unspecified atom stereocenters. The summed E-state index contributed by atoms with van der Waals surface area (Å²) in [5.74, 6) is -0.171. The molecular formula is C10H10NO3. The van der Waals surface area contributed by atoms with Crippen LogP contribution >= 0.6 is 0 Å². The molecule has 0 heterocycles. The molecule has 0 amide bonds. The van der Waals surface area contributed by atoms with Crippen molar-refractivity contribution >= 4 is 12.3 Å². The van der Waals surface area contributed by atoms with E-state index >= 15 is 0 Å². The van der Waals surface area contributed by atoms with E-state index in [2.05, 4.69) is 4.74 Å². The average Bonchev–Trinajstić information content (AvgIpc) is 2.25. The quantitative estimate of drug-likeness (QED) is 0.686. The van der Waals surface area contributed by atoms with Crippen molar-refractivity contribution in [1.29, 1.82) is 0 Å². The minimum absolute atomic E-state index is 0.0470. The number of benzene rings is 1. The summed E-state index contributed by atoms with van der Waals surface area (Å²) in [6.45, 7) is 1.30. The van der Waals surface area contributed by atoms with Crippen molar-refractivity contribution in [2.75, 3.05) is 6.54 Å². The number of hydrogen-bond donors (Lipinski definition) is 1. The van der Waals surface area contributed by atoms with Gasteiger partial charge in [-0.3, -0.25) is 4.79 Å². The zero-order chi connectivity index (χ0) is 10.4. The molecule has 0 spiro atoms. The van der Waals surface area contributed by atoms with Gasteiger partial charge in [0.1, 0.15) is 6.61 Å². The van der Waals surface area contributed by atoms with Gasteiger partial charge in [-0.2, -0.15) is 0 Å². The normalized spacial score (nSPS) is 9.50. The van der Waals surface area contributed by atoms with Crippen molar-refractivity contribution in [2.24, 2.45) is 5.73 Å². The van der Waals surface area contributed by atoms with E-state index in [1.54, 1.807) is 24.3 Å². The Morgan fingerprint density at radius 2 is 2.14 bits per heavy atom. The summed E-state index contributed by atoms with van der Waals surface area (Å²) < 4.78 is 4.46. The monoisotopic (exact) mass is 192 g/mol. The van der Waals surface area contributed by atoms with Crippen LogP contribution in [-0.2, 0) is 16.1 Å². The summed E-state index contributed by atoms with van der Waals surface area (Å²) in [5, 5.41) is 0. The highest BCUT2D eigenvalue weighted by Gasteiger charge is 2.08. The Morgan fingerprint density at radius 3 is 2.79 bits per heavy atom. The fourth-order valence-corrected chi connectivity index (χ4v) is 1.14. The van der Waals surface area contributed by atoms with E-state index in [-0.39, 0.29) is 18.9 Å². The van der Waals surface area contributed by atoms with Crippen LogP contribution in [0.5, 0.6) is 0 Å². The van der Waals surface area contributed by atoms with Gasteiger partial charge in [0, 0.05) is 11.1 Å². The van der Waals surface area contributed by atoms with Crippen LogP contribution in [0.4, 0.5) is 0 Å². The second-order valence-corrected chi connectivity index (χ2v) is 2.66. The highest BCUT2D eigenvalue weighted by molar-refractivity contribution is 5.98. The Balaban J connectivity index is 2.90. The number of hydrogen-bond acceptors (Lipinski definition) is 4. The number of rotatable bonds is 5. The van der Waals surface area contributed by atoms with E-state index in [1.807, 2.05) is 0 Å². The highest BCUT2D eigenvalue weighted by atomic mass is 16.5. The Bertz CT molecular complexity index is 336. The first kappa shape index (κ1) is 10.4. The van der Waals surface area contributed by atoms with Gasteiger partial charge in [-0.05, 0) is 0 Å². The van der Waals surface area contributed by atoms with Crippen LogP contribution in [-0.4, -0.2) is 18.8 Å². The minimum Gasteiger partial charge on any atom is -0.452 e. The van der Waals surface area contributed by atoms with Gasteiger partial charge < -0.3 is 10.5 Å². The lowest BCUT2D eigenvalue weighted by Gasteiger charge is -2.05. The summed E-state index contributed by atoms with van der Waals surface area (Å²) in [6, 6.07) is 6.85. The molecule has 73 valence electrons. The minimum atomic E-state index is -0.171. The summed E-state index contributed by atoms with van der Waals surface area (Å²) in [5.41, 5.74) is 6.37. The molecule has 0 atom stereocenters. The smallest absolute Gasteiger partial charge is 0.417 e. The largest absolute Gasteiger partial charge is 0.452 e. The number of carbonyl (C=O) groups is 1. The summed E-state index contributed by atoms with van der Waals surface area (Å²) >= 11 is 0. The molecule has 0 aliphatic heterocycles. The first-order chi connectivity index (χ1) is 6.79. The van der Waals surface area contributed by atoms with Gasteiger partial charge in [0.05, 0.1) is 6.54 Å². The van der Waals surface area contributed by atoms with E-state index in [4.69, 9.17) is 5.73 Å². The van der Waals surface area contributed by atoms with Crippen molar-refractivity contribution < 1.29 is 14.3 Å². The maximum atomic E-state index is 11.3. The van der Waals surface area contributed by atoms with Crippen LogP contribution in [0.1, 0.15) is 15.9 Å². The molecule has 0 aliphatic carbocycles. The first-order valence-corrected chi connectivity index (χ1v) is 4.09. The lowest BCUT2D eigenvalue weighted by atomic mass is 10.0. The fourth-order valence-electron chi connectivity index (χ4n) is 1.14. The molecule has 1 rings (SSSR count). The van der Waals surface area contributed by atoms with Crippen molar-refractivity contribution in [3.8, 4) is 0 Å². The number of carbonyl (C=O) groups excluding carboxylic acids is 2. The number of ether oxygens (including phenoxy) is 1. The molecule has 0 saturated carbocycles. The first-order valence-electron chi connectivity index (χ1n) is 4.09. The topological polar surface area (TPSA) is 69.4 Å². The van der Waals surface area contributed by atoms with Gasteiger partial charge in [0.15, 0.2) is 5.78 Å². The lowest BCUT2D eigenvalue weighted by Crippen LogP contribution is -2.15. The molecule has 1 aromatic carbocycles. The Morgan fingerprint density at radius 1 is 1.43 bits per heavy atom. The Kier molecular flexibility index (Phi) is 3.82. The van der Waals surface area contributed by atoms with E-state index < -0.39 is 0 Å². The number of ketones is 1. The standard InChI is InChI=1S/C10H10NO3/c11-5-10(13)9-4-2-1-3-8(9)6-14-7-12/h1-4H,5-6,11H2. The molecule has 0 bridgehead atoms. The second kappa shape index (κ2) is 5.14. The SMILES string of the molecule is NCC(=O)c1ccccc1CO[C]=O. The van der Waals surface area contributed by atoms with Crippen LogP contribution in [0.2, 0.25) is 0 Å². The van der Waals surface area contributed by atoms with Gasteiger partial charge in [-0.1, -0.05) is 24.3 Å². The molecule has 0 aliphatic rings.